The van der Waals surface area contributed by atoms with Crippen LogP contribution in [0.4, 0.5) is 23.1 Å². The molecule has 0 saturated carbocycles. The molecule has 0 radical (unpaired) electrons. The highest BCUT2D eigenvalue weighted by Crippen LogP contribution is 2.25. The van der Waals surface area contributed by atoms with Gasteiger partial charge in [-0.25, -0.2) is 0 Å². The number of nitrogens with zero attached hydrogens (tertiary/aromatic N) is 5. The normalized spacial score (nSPS) is 17.6. The van der Waals surface area contributed by atoms with Crippen molar-refractivity contribution in [3.05, 3.63) is 30.5 Å². The van der Waals surface area contributed by atoms with Gasteiger partial charge in [0.05, 0.1) is 6.20 Å². The molecule has 0 spiro atoms. The zero-order valence-corrected chi connectivity index (χ0v) is 14.7. The standard InChI is InChI=1S/C18H26N6/c1-4-15-7-5-6-12-24(15)18-21-17(13-19-22-18)20-14-8-10-16(11-9-14)23(2)3/h8-11,13,15H,4-7,12H2,1-3H3,(H,20,21,22). The fourth-order valence-corrected chi connectivity index (χ4v) is 3.16. The molecule has 0 aliphatic carbocycles. The minimum Gasteiger partial charge on any atom is -0.378 e. The van der Waals surface area contributed by atoms with Gasteiger partial charge in [-0.05, 0) is 49.9 Å². The van der Waals surface area contributed by atoms with E-state index in [2.05, 4.69) is 49.4 Å². The number of nitrogens with one attached hydrogen (secondary N) is 1. The number of hydrogen-bond acceptors (Lipinski definition) is 6. The summed E-state index contributed by atoms with van der Waals surface area (Å²) in [4.78, 5) is 9.06. The van der Waals surface area contributed by atoms with E-state index in [0.717, 1.165) is 30.4 Å². The number of benzene rings is 1. The summed E-state index contributed by atoms with van der Waals surface area (Å²) in [5.41, 5.74) is 2.17. The molecule has 128 valence electrons. The molecule has 1 aromatic carbocycles. The van der Waals surface area contributed by atoms with Crippen molar-refractivity contribution in [3.63, 3.8) is 0 Å². The van der Waals surface area contributed by atoms with Crippen molar-refractivity contribution in [1.29, 1.82) is 0 Å². The Morgan fingerprint density at radius 3 is 2.71 bits per heavy atom. The predicted molar refractivity (Wildman–Crippen MR) is 99.2 cm³/mol. The third kappa shape index (κ3) is 3.75. The van der Waals surface area contributed by atoms with Gasteiger partial charge in [0.15, 0.2) is 5.82 Å². The van der Waals surface area contributed by atoms with Gasteiger partial charge in [0.25, 0.3) is 0 Å². The van der Waals surface area contributed by atoms with E-state index in [-0.39, 0.29) is 0 Å². The van der Waals surface area contributed by atoms with Crippen molar-refractivity contribution in [2.24, 2.45) is 0 Å². The van der Waals surface area contributed by atoms with E-state index in [4.69, 9.17) is 0 Å². The summed E-state index contributed by atoms with van der Waals surface area (Å²) in [6.07, 6.45) is 6.49. The van der Waals surface area contributed by atoms with Crippen LogP contribution in [-0.4, -0.2) is 41.9 Å². The molecule has 1 fully saturated rings. The van der Waals surface area contributed by atoms with Gasteiger partial charge >= 0.3 is 0 Å². The van der Waals surface area contributed by atoms with Crippen LogP contribution in [0.15, 0.2) is 30.5 Å². The highest BCUT2D eigenvalue weighted by atomic mass is 15.3. The van der Waals surface area contributed by atoms with E-state index in [9.17, 15) is 0 Å². The fourth-order valence-electron chi connectivity index (χ4n) is 3.16. The molecule has 1 unspecified atom stereocenters. The van der Waals surface area contributed by atoms with E-state index >= 15 is 0 Å². The third-order valence-electron chi connectivity index (χ3n) is 4.56. The minimum atomic E-state index is 0.523. The Bertz CT molecular complexity index is 655. The lowest BCUT2D eigenvalue weighted by molar-refractivity contribution is 0.442. The fraction of sp³-hybridized carbons (Fsp3) is 0.500. The van der Waals surface area contributed by atoms with Crippen molar-refractivity contribution in [2.75, 3.05) is 35.8 Å². The summed E-state index contributed by atoms with van der Waals surface area (Å²) in [7, 11) is 4.07. The quantitative estimate of drug-likeness (QED) is 0.908. The molecule has 1 saturated heterocycles. The second-order valence-electron chi connectivity index (χ2n) is 6.46. The number of anilines is 4. The molecule has 0 amide bonds. The summed E-state index contributed by atoms with van der Waals surface area (Å²) in [6.45, 7) is 3.24. The Hall–Kier alpha value is -2.37. The largest absolute Gasteiger partial charge is 0.378 e. The third-order valence-corrected chi connectivity index (χ3v) is 4.56. The molecule has 2 heterocycles. The van der Waals surface area contributed by atoms with Crippen LogP contribution in [0.2, 0.25) is 0 Å². The summed E-state index contributed by atoms with van der Waals surface area (Å²) >= 11 is 0. The van der Waals surface area contributed by atoms with Gasteiger partial charge in [-0.2, -0.15) is 10.1 Å². The van der Waals surface area contributed by atoms with Crippen molar-refractivity contribution in [1.82, 2.24) is 15.2 Å². The van der Waals surface area contributed by atoms with Gasteiger partial charge in [-0.15, -0.1) is 5.10 Å². The van der Waals surface area contributed by atoms with Crippen molar-refractivity contribution < 1.29 is 0 Å². The van der Waals surface area contributed by atoms with E-state index in [1.54, 1.807) is 6.20 Å². The second kappa shape index (κ2) is 7.47. The smallest absolute Gasteiger partial charge is 0.247 e. The van der Waals surface area contributed by atoms with Crippen LogP contribution in [0.25, 0.3) is 0 Å². The van der Waals surface area contributed by atoms with Crippen LogP contribution in [-0.2, 0) is 0 Å². The maximum absolute atomic E-state index is 4.68. The first kappa shape index (κ1) is 16.5. The summed E-state index contributed by atoms with van der Waals surface area (Å²) in [6, 6.07) is 8.78. The van der Waals surface area contributed by atoms with Crippen molar-refractivity contribution in [2.45, 2.75) is 38.6 Å². The first-order valence-corrected chi connectivity index (χ1v) is 8.68. The molecule has 1 aliphatic heterocycles. The summed E-state index contributed by atoms with van der Waals surface area (Å²) < 4.78 is 0. The average Bonchev–Trinajstić information content (AvgIpc) is 2.62. The Labute approximate surface area is 143 Å². The molecule has 6 nitrogen and oxygen atoms in total. The Morgan fingerprint density at radius 2 is 2.00 bits per heavy atom. The monoisotopic (exact) mass is 326 g/mol. The molecular formula is C18H26N6. The molecular weight excluding hydrogens is 300 g/mol. The van der Waals surface area contributed by atoms with E-state index < -0.39 is 0 Å². The van der Waals surface area contributed by atoms with Gasteiger partial charge in [0.2, 0.25) is 5.95 Å². The minimum absolute atomic E-state index is 0.523. The van der Waals surface area contributed by atoms with Gasteiger partial charge in [-0.1, -0.05) is 6.92 Å². The topological polar surface area (TPSA) is 57.2 Å². The molecule has 1 atom stereocenters. The molecule has 24 heavy (non-hydrogen) atoms. The number of piperidine rings is 1. The number of hydrogen-bond donors (Lipinski definition) is 1. The van der Waals surface area contributed by atoms with Crippen LogP contribution in [0.5, 0.6) is 0 Å². The van der Waals surface area contributed by atoms with Crippen LogP contribution in [0.1, 0.15) is 32.6 Å². The average molecular weight is 326 g/mol. The molecule has 3 rings (SSSR count). The number of aromatic nitrogens is 3. The summed E-state index contributed by atoms with van der Waals surface area (Å²) in [5, 5.41) is 11.7. The SMILES string of the molecule is CCC1CCCCN1c1nncc(Nc2ccc(N(C)C)cc2)n1. The molecule has 0 bridgehead atoms. The van der Waals surface area contributed by atoms with E-state index in [1.165, 1.54) is 24.9 Å². The van der Waals surface area contributed by atoms with Crippen LogP contribution < -0.4 is 15.1 Å². The Kier molecular flexibility index (Phi) is 5.13. The lowest BCUT2D eigenvalue weighted by Gasteiger charge is -2.34. The molecule has 2 aromatic rings. The highest BCUT2D eigenvalue weighted by Gasteiger charge is 2.23. The molecule has 1 aliphatic rings. The zero-order chi connectivity index (χ0) is 16.9. The number of rotatable bonds is 5. The summed E-state index contributed by atoms with van der Waals surface area (Å²) in [5.74, 6) is 1.47. The maximum Gasteiger partial charge on any atom is 0.247 e. The zero-order valence-electron chi connectivity index (χ0n) is 14.7. The lowest BCUT2D eigenvalue weighted by atomic mass is 10.0. The maximum atomic E-state index is 4.68. The van der Waals surface area contributed by atoms with E-state index in [0.29, 0.717) is 6.04 Å². The van der Waals surface area contributed by atoms with Gasteiger partial charge in [-0.3, -0.25) is 0 Å². The molecule has 1 N–H and O–H groups in total. The highest BCUT2D eigenvalue weighted by molar-refractivity contribution is 5.60. The predicted octanol–water partition coefficient (Wildman–Crippen LogP) is 3.45. The van der Waals surface area contributed by atoms with E-state index in [1.807, 2.05) is 26.2 Å². The Morgan fingerprint density at radius 1 is 1.21 bits per heavy atom. The Balaban J connectivity index is 1.75. The van der Waals surface area contributed by atoms with Crippen molar-refractivity contribution >= 4 is 23.1 Å². The first-order valence-electron chi connectivity index (χ1n) is 8.68. The van der Waals surface area contributed by atoms with Gasteiger partial charge < -0.3 is 15.1 Å². The van der Waals surface area contributed by atoms with Gasteiger partial charge in [0, 0.05) is 38.1 Å². The molecule has 1 aromatic heterocycles. The second-order valence-corrected chi connectivity index (χ2v) is 6.46. The van der Waals surface area contributed by atoms with Crippen molar-refractivity contribution in [3.8, 4) is 0 Å². The first-order chi connectivity index (χ1) is 11.7. The molecule has 6 heteroatoms. The lowest BCUT2D eigenvalue weighted by Crippen LogP contribution is -2.40. The van der Waals surface area contributed by atoms with Crippen LogP contribution in [0.3, 0.4) is 0 Å². The van der Waals surface area contributed by atoms with Crippen LogP contribution >= 0.6 is 0 Å². The van der Waals surface area contributed by atoms with Gasteiger partial charge in [0.1, 0.15) is 0 Å². The van der Waals surface area contributed by atoms with Crippen LogP contribution in [0, 0.1) is 0 Å².